The molecule has 0 radical (unpaired) electrons. The van der Waals surface area contributed by atoms with Gasteiger partial charge in [-0.15, -0.1) is 0 Å². The first-order chi connectivity index (χ1) is 17.1. The highest BCUT2D eigenvalue weighted by atomic mass is 35.5. The van der Waals surface area contributed by atoms with E-state index in [2.05, 4.69) is 10.6 Å². The molecule has 0 saturated heterocycles. The molecule has 0 aromatic heterocycles. The maximum absolute atomic E-state index is 13.5. The summed E-state index contributed by atoms with van der Waals surface area (Å²) in [6.45, 7) is 3.76. The average Bonchev–Trinajstić information content (AvgIpc) is 2.85. The first kappa shape index (κ1) is 25.5. The van der Waals surface area contributed by atoms with Crippen LogP contribution in [0.15, 0.2) is 54.6 Å². The number of hydrogen-bond acceptors (Lipinski definition) is 4. The third kappa shape index (κ3) is 5.45. The van der Waals surface area contributed by atoms with Crippen LogP contribution in [0.25, 0.3) is 0 Å². The number of halogens is 3. The Bertz CT molecular complexity index is 1360. The van der Waals surface area contributed by atoms with Crippen LogP contribution in [0.1, 0.15) is 40.1 Å². The molecule has 1 aliphatic rings. The highest BCUT2D eigenvalue weighted by molar-refractivity contribution is 6.34. The molecule has 10 heteroatoms. The quantitative estimate of drug-likeness (QED) is 0.431. The summed E-state index contributed by atoms with van der Waals surface area (Å²) < 4.78 is 19.2. The van der Waals surface area contributed by atoms with Crippen LogP contribution in [-0.4, -0.2) is 24.5 Å². The van der Waals surface area contributed by atoms with Gasteiger partial charge in [0.1, 0.15) is 11.6 Å². The molecule has 0 aliphatic carbocycles. The molecule has 0 unspecified atom stereocenters. The van der Waals surface area contributed by atoms with Crippen LogP contribution in [0.2, 0.25) is 10.0 Å². The van der Waals surface area contributed by atoms with E-state index in [1.165, 1.54) is 29.2 Å². The Kier molecular flexibility index (Phi) is 7.47. The van der Waals surface area contributed by atoms with Gasteiger partial charge in [-0.1, -0.05) is 43.1 Å². The third-order valence-corrected chi connectivity index (χ3v) is 6.16. The second-order valence-corrected chi connectivity index (χ2v) is 9.27. The van der Waals surface area contributed by atoms with Crippen molar-refractivity contribution in [1.29, 1.82) is 0 Å². The normalized spacial score (nSPS) is 12.7. The number of nitrogens with zero attached hydrogens (tertiary/aromatic N) is 1. The lowest BCUT2D eigenvalue weighted by Crippen LogP contribution is -2.38. The standard InChI is InChI=1S/C26H22Cl2FN3O4/c1-14(2)24(33)30-12-15-3-6-20(27)18(9-15)25(34)31-16-4-8-23-19(10-16)26(35)32(13-36-23)17-5-7-22(29)21(28)11-17/h3-11,14H,12-13H2,1-2H3,(H,30,33)(H,31,34). The minimum Gasteiger partial charge on any atom is -0.472 e. The fourth-order valence-corrected chi connectivity index (χ4v) is 3.91. The molecule has 4 rings (SSSR count). The summed E-state index contributed by atoms with van der Waals surface area (Å²) in [5.41, 5.74) is 1.87. The van der Waals surface area contributed by atoms with E-state index in [0.29, 0.717) is 22.7 Å². The predicted molar refractivity (Wildman–Crippen MR) is 136 cm³/mol. The molecule has 1 aliphatic heterocycles. The van der Waals surface area contributed by atoms with Gasteiger partial charge in [-0.25, -0.2) is 4.39 Å². The Morgan fingerprint density at radius 3 is 2.56 bits per heavy atom. The fourth-order valence-electron chi connectivity index (χ4n) is 3.53. The summed E-state index contributed by atoms with van der Waals surface area (Å²) >= 11 is 12.1. The summed E-state index contributed by atoms with van der Waals surface area (Å²) in [6, 6.07) is 13.5. The zero-order valence-corrected chi connectivity index (χ0v) is 20.9. The van der Waals surface area contributed by atoms with E-state index in [1.807, 2.05) is 0 Å². The van der Waals surface area contributed by atoms with Crippen molar-refractivity contribution in [2.75, 3.05) is 16.9 Å². The van der Waals surface area contributed by atoms with Gasteiger partial charge in [0.25, 0.3) is 11.8 Å². The Balaban J connectivity index is 1.52. The van der Waals surface area contributed by atoms with Gasteiger partial charge in [-0.05, 0) is 54.1 Å². The number of hydrogen-bond donors (Lipinski definition) is 2. The van der Waals surface area contributed by atoms with Crippen molar-refractivity contribution in [3.8, 4) is 5.75 Å². The number of benzene rings is 3. The lowest BCUT2D eigenvalue weighted by atomic mass is 10.1. The van der Waals surface area contributed by atoms with Gasteiger partial charge in [0.15, 0.2) is 6.73 Å². The summed E-state index contributed by atoms with van der Waals surface area (Å²) in [4.78, 5) is 39.3. The third-order valence-electron chi connectivity index (χ3n) is 5.54. The molecule has 3 amide bonds. The molecule has 0 saturated carbocycles. The Morgan fingerprint density at radius 1 is 1.06 bits per heavy atom. The minimum absolute atomic E-state index is 0.0742. The monoisotopic (exact) mass is 529 g/mol. The number of nitrogens with one attached hydrogen (secondary N) is 2. The number of fused-ring (bicyclic) bond motifs is 1. The van der Waals surface area contributed by atoms with Gasteiger partial charge in [-0.3, -0.25) is 19.3 Å². The highest BCUT2D eigenvalue weighted by Crippen LogP contribution is 2.32. The van der Waals surface area contributed by atoms with E-state index >= 15 is 0 Å². The van der Waals surface area contributed by atoms with Gasteiger partial charge in [0, 0.05) is 23.8 Å². The highest BCUT2D eigenvalue weighted by Gasteiger charge is 2.28. The van der Waals surface area contributed by atoms with E-state index < -0.39 is 17.6 Å². The number of carbonyl (C=O) groups is 3. The molecule has 186 valence electrons. The predicted octanol–water partition coefficient (Wildman–Crippen LogP) is 5.65. The SMILES string of the molecule is CC(C)C(=O)NCc1ccc(Cl)c(C(=O)Nc2ccc3c(c2)C(=O)N(c2ccc(F)c(Cl)c2)CO3)c1. The summed E-state index contributed by atoms with van der Waals surface area (Å²) in [6.07, 6.45) is 0. The summed E-state index contributed by atoms with van der Waals surface area (Å²) in [5, 5.41) is 5.66. The molecule has 36 heavy (non-hydrogen) atoms. The van der Waals surface area contributed by atoms with Crippen LogP contribution in [-0.2, 0) is 11.3 Å². The van der Waals surface area contributed by atoms with Crippen molar-refractivity contribution in [3.05, 3.63) is 87.2 Å². The second kappa shape index (κ2) is 10.6. The van der Waals surface area contributed by atoms with Crippen molar-refractivity contribution in [2.45, 2.75) is 20.4 Å². The Labute approximate surface area is 217 Å². The molecule has 0 spiro atoms. The number of carbonyl (C=O) groups excluding carboxylic acids is 3. The van der Waals surface area contributed by atoms with Crippen molar-refractivity contribution in [3.63, 3.8) is 0 Å². The van der Waals surface area contributed by atoms with Crippen molar-refractivity contribution in [1.82, 2.24) is 5.32 Å². The van der Waals surface area contributed by atoms with Gasteiger partial charge in [0.2, 0.25) is 5.91 Å². The number of anilines is 2. The molecular weight excluding hydrogens is 508 g/mol. The molecule has 7 nitrogen and oxygen atoms in total. The molecule has 0 atom stereocenters. The summed E-state index contributed by atoms with van der Waals surface area (Å²) in [7, 11) is 0. The zero-order valence-electron chi connectivity index (χ0n) is 19.4. The number of amides is 3. The molecule has 3 aromatic rings. The van der Waals surface area contributed by atoms with Crippen LogP contribution < -0.4 is 20.3 Å². The van der Waals surface area contributed by atoms with Crippen LogP contribution >= 0.6 is 23.2 Å². The van der Waals surface area contributed by atoms with Crippen LogP contribution in [0, 0.1) is 11.7 Å². The van der Waals surface area contributed by atoms with Crippen molar-refractivity contribution in [2.24, 2.45) is 5.92 Å². The number of rotatable bonds is 6. The van der Waals surface area contributed by atoms with Gasteiger partial charge < -0.3 is 15.4 Å². The Morgan fingerprint density at radius 2 is 1.83 bits per heavy atom. The van der Waals surface area contributed by atoms with Crippen molar-refractivity contribution < 1.29 is 23.5 Å². The smallest absolute Gasteiger partial charge is 0.264 e. The van der Waals surface area contributed by atoms with Gasteiger partial charge >= 0.3 is 0 Å². The molecule has 2 N–H and O–H groups in total. The maximum Gasteiger partial charge on any atom is 0.264 e. The number of ether oxygens (including phenoxy) is 1. The lowest BCUT2D eigenvalue weighted by molar-refractivity contribution is -0.124. The van der Waals surface area contributed by atoms with Gasteiger partial charge in [0.05, 0.1) is 21.2 Å². The zero-order chi connectivity index (χ0) is 26.0. The first-order valence-electron chi connectivity index (χ1n) is 11.1. The largest absolute Gasteiger partial charge is 0.472 e. The van der Waals surface area contributed by atoms with Crippen molar-refractivity contribution >= 4 is 52.3 Å². The first-order valence-corrected chi connectivity index (χ1v) is 11.8. The van der Waals surface area contributed by atoms with E-state index in [9.17, 15) is 18.8 Å². The minimum atomic E-state index is -0.596. The second-order valence-electron chi connectivity index (χ2n) is 8.46. The molecular formula is C26H22Cl2FN3O4. The van der Waals surface area contributed by atoms with Crippen LogP contribution in [0.5, 0.6) is 5.75 Å². The molecule has 1 heterocycles. The van der Waals surface area contributed by atoms with Crippen LogP contribution in [0.4, 0.5) is 15.8 Å². The van der Waals surface area contributed by atoms with E-state index in [4.69, 9.17) is 27.9 Å². The topological polar surface area (TPSA) is 87.7 Å². The Hall–Kier alpha value is -3.62. The maximum atomic E-state index is 13.5. The average molecular weight is 530 g/mol. The van der Waals surface area contributed by atoms with E-state index in [0.717, 1.165) is 0 Å². The molecule has 0 fully saturated rings. The summed E-state index contributed by atoms with van der Waals surface area (Å²) in [5.74, 6) is -1.38. The van der Waals surface area contributed by atoms with Crippen LogP contribution in [0.3, 0.4) is 0 Å². The van der Waals surface area contributed by atoms with E-state index in [1.54, 1.807) is 44.2 Å². The molecule has 0 bridgehead atoms. The van der Waals surface area contributed by atoms with E-state index in [-0.39, 0.29) is 46.3 Å². The lowest BCUT2D eigenvalue weighted by Gasteiger charge is -2.29. The molecule has 3 aromatic carbocycles. The fraction of sp³-hybridized carbons (Fsp3) is 0.192. The van der Waals surface area contributed by atoms with Gasteiger partial charge in [-0.2, -0.15) is 0 Å².